The molecule has 1 aliphatic heterocycles. The van der Waals surface area contributed by atoms with E-state index in [0.29, 0.717) is 27.4 Å². The third-order valence-corrected chi connectivity index (χ3v) is 7.80. The van der Waals surface area contributed by atoms with Gasteiger partial charge in [0.1, 0.15) is 17.3 Å². The van der Waals surface area contributed by atoms with Crippen LogP contribution >= 0.6 is 22.6 Å². The van der Waals surface area contributed by atoms with Crippen molar-refractivity contribution in [3.63, 3.8) is 0 Å². The summed E-state index contributed by atoms with van der Waals surface area (Å²) in [5, 5.41) is 0. The Bertz CT molecular complexity index is 232. The topological polar surface area (TPSA) is 54.4 Å². The van der Waals surface area contributed by atoms with E-state index >= 15 is 0 Å². The summed E-state index contributed by atoms with van der Waals surface area (Å²) in [5.74, 6) is 6.32. The lowest BCUT2D eigenvalue weighted by Gasteiger charge is -2.12. The summed E-state index contributed by atoms with van der Waals surface area (Å²) >= 11 is 1.97. The van der Waals surface area contributed by atoms with E-state index in [4.69, 9.17) is 4.55 Å². The predicted octanol–water partition coefficient (Wildman–Crippen LogP) is 0.887. The van der Waals surface area contributed by atoms with Crippen LogP contribution in [0.15, 0.2) is 0 Å². The molecule has 0 saturated carbocycles. The van der Waals surface area contributed by atoms with Gasteiger partial charge in [-0.2, -0.15) is 20.2 Å². The van der Waals surface area contributed by atoms with E-state index < -0.39 is 9.15 Å². The van der Waals surface area contributed by atoms with E-state index in [-0.39, 0.29) is 0 Å². The second kappa shape index (κ2) is 5.75. The van der Waals surface area contributed by atoms with Crippen molar-refractivity contribution in [1.29, 1.82) is 0 Å². The largest absolute Gasteiger partial charge is 0.319 e. The van der Waals surface area contributed by atoms with E-state index in [1.807, 2.05) is 11.8 Å². The minimum absolute atomic E-state index is 0.403. The van der Waals surface area contributed by atoms with Crippen molar-refractivity contribution >= 4 is 42.6 Å². The van der Waals surface area contributed by atoms with Gasteiger partial charge in [0, 0.05) is 22.3 Å². The van der Waals surface area contributed by atoms with Gasteiger partial charge < -0.3 is 0 Å². The normalized spacial score (nSPS) is 20.4. The third-order valence-electron chi connectivity index (χ3n) is 1.64. The molecule has 0 unspecified atom stereocenters. The highest BCUT2D eigenvalue weighted by Crippen LogP contribution is 2.16. The second-order valence-electron chi connectivity index (χ2n) is 2.59. The molecule has 1 fully saturated rings. The Labute approximate surface area is 89.9 Å². The first-order valence-electron chi connectivity index (χ1n) is 3.91. The number of hydrogen-bond acceptors (Lipinski definition) is 4. The molecule has 78 valence electrons. The summed E-state index contributed by atoms with van der Waals surface area (Å²) in [6.07, 6.45) is 0. The van der Waals surface area contributed by atoms with Crippen LogP contribution < -0.4 is 0 Å². The molecular formula is C6H13O3S4+. The second-order valence-corrected chi connectivity index (χ2v) is 9.73. The van der Waals surface area contributed by atoms with Crippen LogP contribution in [0.1, 0.15) is 0 Å². The maximum Gasteiger partial charge on any atom is 0.319 e. The van der Waals surface area contributed by atoms with Crippen LogP contribution in [-0.2, 0) is 20.0 Å². The van der Waals surface area contributed by atoms with Gasteiger partial charge in [-0.05, 0) is 10.9 Å². The molecule has 0 aliphatic carbocycles. The molecule has 13 heavy (non-hydrogen) atoms. The molecule has 0 radical (unpaired) electrons. The van der Waals surface area contributed by atoms with Gasteiger partial charge in [-0.1, -0.05) is 0 Å². The lowest BCUT2D eigenvalue weighted by Crippen LogP contribution is -2.25. The molecule has 0 aromatic rings. The fourth-order valence-corrected chi connectivity index (χ4v) is 7.33. The van der Waals surface area contributed by atoms with E-state index in [9.17, 15) is 8.42 Å². The van der Waals surface area contributed by atoms with Crippen LogP contribution in [-0.4, -0.2) is 47.5 Å². The van der Waals surface area contributed by atoms with Crippen molar-refractivity contribution < 1.29 is 13.0 Å². The number of thioether (sulfide) groups is 1. The van der Waals surface area contributed by atoms with Gasteiger partial charge in [-0.3, -0.25) is 4.55 Å². The van der Waals surface area contributed by atoms with Gasteiger partial charge in [-0.25, -0.2) is 0 Å². The van der Waals surface area contributed by atoms with Gasteiger partial charge in [0.25, 0.3) is 0 Å². The molecule has 3 nitrogen and oxygen atoms in total. The molecule has 1 saturated heterocycles. The van der Waals surface area contributed by atoms with Crippen molar-refractivity contribution in [1.82, 2.24) is 0 Å². The smallest absolute Gasteiger partial charge is 0.277 e. The van der Waals surface area contributed by atoms with Crippen LogP contribution in [0.25, 0.3) is 0 Å². The highest BCUT2D eigenvalue weighted by molar-refractivity contribution is 8.70. The van der Waals surface area contributed by atoms with Gasteiger partial charge in [0.15, 0.2) is 0 Å². The zero-order chi connectivity index (χ0) is 9.73. The minimum Gasteiger partial charge on any atom is -0.277 e. The van der Waals surface area contributed by atoms with Gasteiger partial charge in [0.2, 0.25) is 0 Å². The first kappa shape index (κ1) is 12.0. The highest BCUT2D eigenvalue weighted by Gasteiger charge is 2.22. The third kappa shape index (κ3) is 6.11. The monoisotopic (exact) mass is 261 g/mol. The Balaban J connectivity index is 2.11. The summed E-state index contributed by atoms with van der Waals surface area (Å²) < 4.78 is 29.3. The molecule has 0 atom stereocenters. The SMILES string of the molecule is O=S(=O)(O)SCC[S+]1CCSCC1. The maximum absolute atomic E-state index is 10.4. The molecule has 0 aromatic heterocycles. The molecule has 1 rings (SSSR count). The molecule has 1 N–H and O–H groups in total. The lowest BCUT2D eigenvalue weighted by molar-refractivity contribution is 0.503. The first-order valence-corrected chi connectivity index (χ1v) is 9.74. The molecule has 0 aromatic carbocycles. The standard InChI is InChI=1S/C6H12O3S4/c7-13(8,9)11-3-6-12-4-1-10-2-5-12/h1-6H2/p+1. The zero-order valence-corrected chi connectivity index (χ0v) is 10.4. The summed E-state index contributed by atoms with van der Waals surface area (Å²) in [6, 6.07) is 0. The molecular weight excluding hydrogens is 248 g/mol. The summed E-state index contributed by atoms with van der Waals surface area (Å²) in [7, 11) is -2.75. The molecule has 1 heterocycles. The molecule has 0 bridgehead atoms. The van der Waals surface area contributed by atoms with Crippen LogP contribution in [0.5, 0.6) is 0 Å². The minimum atomic E-state index is -3.81. The van der Waals surface area contributed by atoms with Crippen LogP contribution in [0, 0.1) is 0 Å². The molecule has 0 amide bonds. The summed E-state index contributed by atoms with van der Waals surface area (Å²) in [6.45, 7) is 0. The zero-order valence-electron chi connectivity index (χ0n) is 7.14. The van der Waals surface area contributed by atoms with Crippen molar-refractivity contribution in [2.75, 3.05) is 34.5 Å². The predicted molar refractivity (Wildman–Crippen MR) is 63.3 cm³/mol. The van der Waals surface area contributed by atoms with Crippen molar-refractivity contribution in [3.05, 3.63) is 0 Å². The summed E-state index contributed by atoms with van der Waals surface area (Å²) in [4.78, 5) is 0. The van der Waals surface area contributed by atoms with E-state index in [1.54, 1.807) is 0 Å². The Morgan fingerprint density at radius 1 is 1.38 bits per heavy atom. The summed E-state index contributed by atoms with van der Waals surface area (Å²) in [5.41, 5.74) is 0. The first-order chi connectivity index (χ1) is 6.08. The maximum atomic E-state index is 10.4. The quantitative estimate of drug-likeness (QED) is 0.463. The van der Waals surface area contributed by atoms with Crippen molar-refractivity contribution in [3.8, 4) is 0 Å². The Hall–Kier alpha value is 0.960. The van der Waals surface area contributed by atoms with Crippen LogP contribution in [0.4, 0.5) is 0 Å². The Kier molecular flexibility index (Phi) is 5.32. The van der Waals surface area contributed by atoms with Crippen molar-refractivity contribution in [2.45, 2.75) is 0 Å². The van der Waals surface area contributed by atoms with Gasteiger partial charge in [0.05, 0.1) is 5.75 Å². The van der Waals surface area contributed by atoms with Gasteiger partial charge >= 0.3 is 9.15 Å². The number of rotatable bonds is 4. The highest BCUT2D eigenvalue weighted by atomic mass is 33.1. The molecule has 7 heteroatoms. The van der Waals surface area contributed by atoms with Crippen LogP contribution in [0.3, 0.4) is 0 Å². The van der Waals surface area contributed by atoms with Gasteiger partial charge in [-0.15, -0.1) is 0 Å². The van der Waals surface area contributed by atoms with E-state index in [0.717, 1.165) is 5.75 Å². The van der Waals surface area contributed by atoms with Crippen molar-refractivity contribution in [2.24, 2.45) is 0 Å². The Morgan fingerprint density at radius 3 is 2.54 bits per heavy atom. The van der Waals surface area contributed by atoms with E-state index in [1.165, 1.54) is 23.0 Å². The molecule has 1 aliphatic rings. The fraction of sp³-hybridized carbons (Fsp3) is 1.00. The average Bonchev–Trinajstić information content (AvgIpc) is 2.04. The van der Waals surface area contributed by atoms with E-state index in [2.05, 4.69) is 0 Å². The fourth-order valence-electron chi connectivity index (χ4n) is 1.02. The number of hydrogen-bond donors (Lipinski definition) is 1. The lowest BCUT2D eigenvalue weighted by atomic mass is 10.9. The van der Waals surface area contributed by atoms with Crippen LogP contribution in [0.2, 0.25) is 0 Å². The Morgan fingerprint density at radius 2 is 2.00 bits per heavy atom. The average molecular weight is 261 g/mol. The molecule has 0 spiro atoms.